The van der Waals surface area contributed by atoms with Crippen molar-refractivity contribution < 1.29 is 22.6 Å². The van der Waals surface area contributed by atoms with Crippen LogP contribution < -0.4 is 5.73 Å². The van der Waals surface area contributed by atoms with E-state index in [2.05, 4.69) is 0 Å². The fourth-order valence-corrected chi connectivity index (χ4v) is 1.46. The van der Waals surface area contributed by atoms with E-state index in [1.165, 1.54) is 0 Å². The van der Waals surface area contributed by atoms with Crippen molar-refractivity contribution in [2.45, 2.75) is 25.1 Å². The molecule has 0 radical (unpaired) electrons. The predicted molar refractivity (Wildman–Crippen MR) is 48.4 cm³/mol. The molecule has 1 saturated heterocycles. The molecule has 1 aliphatic heterocycles. The molecule has 1 aliphatic rings. The molecular weight excluding hydrogens is 211 g/mol. The van der Waals surface area contributed by atoms with Gasteiger partial charge in [-0.2, -0.15) is 13.2 Å². The quantitative estimate of drug-likeness (QED) is 0.770. The van der Waals surface area contributed by atoms with Crippen molar-refractivity contribution >= 4 is 0 Å². The summed E-state index contributed by atoms with van der Waals surface area (Å²) in [6, 6.07) is 0. The van der Waals surface area contributed by atoms with E-state index in [0.29, 0.717) is 13.2 Å². The summed E-state index contributed by atoms with van der Waals surface area (Å²) in [6.45, 7) is 1.18. The van der Waals surface area contributed by atoms with E-state index in [1.807, 2.05) is 0 Å². The molecule has 0 aliphatic carbocycles. The average Bonchev–Trinajstić information content (AvgIpc) is 2.62. The average molecular weight is 227 g/mol. The Kier molecular flexibility index (Phi) is 4.82. The number of alkyl halides is 3. The van der Waals surface area contributed by atoms with Crippen LogP contribution in [0.3, 0.4) is 0 Å². The van der Waals surface area contributed by atoms with Crippen molar-refractivity contribution in [3.63, 3.8) is 0 Å². The Morgan fingerprint density at radius 3 is 2.67 bits per heavy atom. The molecule has 0 aromatic rings. The number of nitrogens with two attached hydrogens (primary N) is 1. The lowest BCUT2D eigenvalue weighted by molar-refractivity contribution is -0.224. The number of ether oxygens (including phenoxy) is 2. The van der Waals surface area contributed by atoms with Gasteiger partial charge in [-0.05, 0) is 19.4 Å². The van der Waals surface area contributed by atoms with Gasteiger partial charge in [-0.1, -0.05) is 0 Å². The van der Waals surface area contributed by atoms with E-state index in [4.69, 9.17) is 15.2 Å². The summed E-state index contributed by atoms with van der Waals surface area (Å²) in [6.07, 6.45) is -5.47. The smallest absolute Gasteiger partial charge is 0.381 e. The standard InChI is InChI=1S/C9H16F3NO2/c10-9(11,12)8(1-3-13)15-6-7-2-4-14-5-7/h7-8H,1-6,13H2. The largest absolute Gasteiger partial charge is 0.414 e. The van der Waals surface area contributed by atoms with Crippen LogP contribution in [0.15, 0.2) is 0 Å². The van der Waals surface area contributed by atoms with Crippen molar-refractivity contribution in [3.8, 4) is 0 Å². The van der Waals surface area contributed by atoms with E-state index < -0.39 is 12.3 Å². The second kappa shape index (κ2) is 5.67. The Morgan fingerprint density at radius 2 is 2.20 bits per heavy atom. The minimum Gasteiger partial charge on any atom is -0.381 e. The molecule has 2 unspecified atom stereocenters. The van der Waals surface area contributed by atoms with Gasteiger partial charge >= 0.3 is 6.18 Å². The van der Waals surface area contributed by atoms with Crippen molar-refractivity contribution in [2.75, 3.05) is 26.4 Å². The monoisotopic (exact) mass is 227 g/mol. The Hall–Kier alpha value is -0.330. The minimum atomic E-state index is -4.32. The van der Waals surface area contributed by atoms with Crippen LogP contribution in [0, 0.1) is 5.92 Å². The first kappa shape index (κ1) is 12.7. The number of rotatable bonds is 5. The minimum absolute atomic E-state index is 0.0225. The Labute approximate surface area is 86.7 Å². The molecule has 0 aromatic heterocycles. The highest BCUT2D eigenvalue weighted by Crippen LogP contribution is 2.26. The third kappa shape index (κ3) is 4.36. The van der Waals surface area contributed by atoms with Gasteiger partial charge in [-0.3, -0.25) is 0 Å². The number of hydrogen-bond acceptors (Lipinski definition) is 3. The molecule has 0 bridgehead atoms. The van der Waals surface area contributed by atoms with E-state index in [1.54, 1.807) is 0 Å². The maximum atomic E-state index is 12.4. The van der Waals surface area contributed by atoms with Crippen LogP contribution in [0.25, 0.3) is 0 Å². The normalized spacial score (nSPS) is 24.4. The molecule has 3 nitrogen and oxygen atoms in total. The zero-order valence-electron chi connectivity index (χ0n) is 8.43. The predicted octanol–water partition coefficient (Wildman–Crippen LogP) is 1.32. The third-order valence-electron chi connectivity index (χ3n) is 2.35. The van der Waals surface area contributed by atoms with E-state index in [9.17, 15) is 13.2 Å². The van der Waals surface area contributed by atoms with Crippen molar-refractivity contribution in [1.29, 1.82) is 0 Å². The first-order valence-electron chi connectivity index (χ1n) is 5.00. The van der Waals surface area contributed by atoms with Crippen LogP contribution in [-0.4, -0.2) is 38.6 Å². The summed E-state index contributed by atoms with van der Waals surface area (Å²) in [4.78, 5) is 0. The lowest BCUT2D eigenvalue weighted by atomic mass is 10.1. The van der Waals surface area contributed by atoms with Gasteiger partial charge in [0.1, 0.15) is 0 Å². The lowest BCUT2D eigenvalue weighted by Crippen LogP contribution is -2.35. The van der Waals surface area contributed by atoms with Crippen LogP contribution in [0.4, 0.5) is 13.2 Å². The summed E-state index contributed by atoms with van der Waals surface area (Å²) in [5.41, 5.74) is 5.11. The molecule has 2 N–H and O–H groups in total. The van der Waals surface area contributed by atoms with Crippen LogP contribution in [-0.2, 0) is 9.47 Å². The van der Waals surface area contributed by atoms with Crippen LogP contribution >= 0.6 is 0 Å². The molecule has 1 fully saturated rings. The van der Waals surface area contributed by atoms with Gasteiger partial charge < -0.3 is 15.2 Å². The second-order valence-corrected chi connectivity index (χ2v) is 3.67. The zero-order chi connectivity index (χ0) is 11.3. The van der Waals surface area contributed by atoms with Gasteiger partial charge in [0.25, 0.3) is 0 Å². The fourth-order valence-electron chi connectivity index (χ4n) is 1.46. The second-order valence-electron chi connectivity index (χ2n) is 3.67. The highest BCUT2D eigenvalue weighted by atomic mass is 19.4. The molecule has 1 heterocycles. The first-order chi connectivity index (χ1) is 7.04. The molecule has 90 valence electrons. The Morgan fingerprint density at radius 1 is 1.47 bits per heavy atom. The summed E-state index contributed by atoms with van der Waals surface area (Å²) < 4.78 is 47.0. The Bertz CT molecular complexity index is 181. The van der Waals surface area contributed by atoms with Crippen LogP contribution in [0.5, 0.6) is 0 Å². The third-order valence-corrected chi connectivity index (χ3v) is 2.35. The summed E-state index contributed by atoms with van der Waals surface area (Å²) in [5.74, 6) is 0.0904. The zero-order valence-corrected chi connectivity index (χ0v) is 8.43. The molecule has 0 amide bonds. The summed E-state index contributed by atoms with van der Waals surface area (Å²) >= 11 is 0. The maximum absolute atomic E-state index is 12.4. The van der Waals surface area contributed by atoms with Crippen molar-refractivity contribution in [3.05, 3.63) is 0 Å². The van der Waals surface area contributed by atoms with Gasteiger partial charge in [0.05, 0.1) is 13.2 Å². The molecule has 0 spiro atoms. The SMILES string of the molecule is NCCC(OCC1CCOC1)C(F)(F)F. The molecule has 2 atom stereocenters. The van der Waals surface area contributed by atoms with Gasteiger partial charge in [0.2, 0.25) is 0 Å². The Balaban J connectivity index is 2.30. The van der Waals surface area contributed by atoms with Gasteiger partial charge in [0.15, 0.2) is 6.10 Å². The van der Waals surface area contributed by atoms with E-state index in [-0.39, 0.29) is 25.5 Å². The van der Waals surface area contributed by atoms with Crippen LogP contribution in [0.1, 0.15) is 12.8 Å². The van der Waals surface area contributed by atoms with Crippen LogP contribution in [0.2, 0.25) is 0 Å². The van der Waals surface area contributed by atoms with E-state index in [0.717, 1.165) is 6.42 Å². The topological polar surface area (TPSA) is 44.5 Å². The number of hydrogen-bond donors (Lipinski definition) is 1. The fraction of sp³-hybridized carbons (Fsp3) is 1.00. The number of halogens is 3. The summed E-state index contributed by atoms with van der Waals surface area (Å²) in [7, 11) is 0. The van der Waals surface area contributed by atoms with Crippen molar-refractivity contribution in [2.24, 2.45) is 11.7 Å². The molecular formula is C9H16F3NO2. The van der Waals surface area contributed by atoms with Gasteiger partial charge in [0, 0.05) is 12.5 Å². The van der Waals surface area contributed by atoms with Gasteiger partial charge in [-0.25, -0.2) is 0 Å². The molecule has 1 rings (SSSR count). The highest BCUT2D eigenvalue weighted by Gasteiger charge is 2.40. The van der Waals surface area contributed by atoms with E-state index >= 15 is 0 Å². The van der Waals surface area contributed by atoms with Gasteiger partial charge in [-0.15, -0.1) is 0 Å². The first-order valence-corrected chi connectivity index (χ1v) is 5.00. The molecule has 0 aromatic carbocycles. The summed E-state index contributed by atoms with van der Waals surface area (Å²) in [5, 5.41) is 0. The molecule has 6 heteroatoms. The molecule has 0 saturated carbocycles. The lowest BCUT2D eigenvalue weighted by Gasteiger charge is -2.21. The van der Waals surface area contributed by atoms with Crippen molar-refractivity contribution in [1.82, 2.24) is 0 Å². The molecule has 15 heavy (non-hydrogen) atoms. The maximum Gasteiger partial charge on any atom is 0.414 e. The highest BCUT2D eigenvalue weighted by molar-refractivity contribution is 4.70.